The molecule has 0 N–H and O–H groups in total. The number of nitrogens with zero attached hydrogens (tertiary/aromatic N) is 5. The first kappa shape index (κ1) is 13.1. The lowest BCUT2D eigenvalue weighted by atomic mass is 10.2. The summed E-state index contributed by atoms with van der Waals surface area (Å²) in [6, 6.07) is 6.22. The highest BCUT2D eigenvalue weighted by atomic mass is 35.5. The van der Waals surface area contributed by atoms with Crippen LogP contribution in [0.1, 0.15) is 24.1 Å². The van der Waals surface area contributed by atoms with Gasteiger partial charge in [0.2, 0.25) is 0 Å². The third-order valence-electron chi connectivity index (χ3n) is 3.44. The molecule has 0 aliphatic carbocycles. The average Bonchev–Trinajstić information content (AvgIpc) is 3.04. The molecule has 1 aromatic carbocycles. The number of hydrogen-bond donors (Lipinski definition) is 0. The Bertz CT molecular complexity index is 743. The molecule has 3 rings (SSSR count). The summed E-state index contributed by atoms with van der Waals surface area (Å²) < 4.78 is 4.14. The van der Waals surface area contributed by atoms with Crippen molar-refractivity contribution in [1.82, 2.24) is 24.3 Å². The largest absolute Gasteiger partial charge is 0.319 e. The summed E-state index contributed by atoms with van der Waals surface area (Å²) in [7, 11) is 0. The van der Waals surface area contributed by atoms with Crippen molar-refractivity contribution in [3.05, 3.63) is 41.7 Å². The SMILES string of the molecule is CCn1cnnc1Cn1c(CCl)nc2ccc(C)cc21. The van der Waals surface area contributed by atoms with Crippen molar-refractivity contribution < 1.29 is 0 Å². The minimum atomic E-state index is 0.383. The van der Waals surface area contributed by atoms with Crippen LogP contribution in [0.4, 0.5) is 0 Å². The molecule has 0 spiro atoms. The van der Waals surface area contributed by atoms with E-state index in [1.807, 2.05) is 10.6 Å². The molecule has 0 aliphatic heterocycles. The van der Waals surface area contributed by atoms with Gasteiger partial charge in [0, 0.05) is 6.54 Å². The van der Waals surface area contributed by atoms with Gasteiger partial charge in [-0.05, 0) is 31.5 Å². The summed E-state index contributed by atoms with van der Waals surface area (Å²) in [5, 5.41) is 8.16. The zero-order valence-corrected chi connectivity index (χ0v) is 12.3. The lowest BCUT2D eigenvalue weighted by Crippen LogP contribution is -2.09. The summed E-state index contributed by atoms with van der Waals surface area (Å²) >= 11 is 6.03. The van der Waals surface area contributed by atoms with E-state index in [4.69, 9.17) is 11.6 Å². The van der Waals surface area contributed by atoms with E-state index < -0.39 is 0 Å². The summed E-state index contributed by atoms with van der Waals surface area (Å²) in [4.78, 5) is 4.58. The van der Waals surface area contributed by atoms with Gasteiger partial charge >= 0.3 is 0 Å². The third-order valence-corrected chi connectivity index (χ3v) is 3.68. The Kier molecular flexibility index (Phi) is 3.44. The van der Waals surface area contributed by atoms with E-state index in [9.17, 15) is 0 Å². The van der Waals surface area contributed by atoms with E-state index >= 15 is 0 Å². The molecule has 0 saturated heterocycles. The maximum atomic E-state index is 6.03. The molecule has 0 bridgehead atoms. The van der Waals surface area contributed by atoms with E-state index in [-0.39, 0.29) is 0 Å². The van der Waals surface area contributed by atoms with Crippen LogP contribution < -0.4 is 0 Å². The van der Waals surface area contributed by atoms with Crippen LogP contribution in [0.25, 0.3) is 11.0 Å². The lowest BCUT2D eigenvalue weighted by molar-refractivity contribution is 0.648. The molecule has 20 heavy (non-hydrogen) atoms. The van der Waals surface area contributed by atoms with Gasteiger partial charge in [-0.2, -0.15) is 0 Å². The van der Waals surface area contributed by atoms with Gasteiger partial charge in [-0.25, -0.2) is 4.98 Å². The highest BCUT2D eigenvalue weighted by Gasteiger charge is 2.13. The van der Waals surface area contributed by atoms with Crippen LogP contribution in [0.2, 0.25) is 0 Å². The second-order valence-electron chi connectivity index (χ2n) is 4.77. The van der Waals surface area contributed by atoms with Gasteiger partial charge in [0.1, 0.15) is 12.2 Å². The van der Waals surface area contributed by atoms with Crippen LogP contribution in [-0.2, 0) is 19.0 Å². The number of rotatable bonds is 4. The van der Waals surface area contributed by atoms with Crippen molar-refractivity contribution in [1.29, 1.82) is 0 Å². The smallest absolute Gasteiger partial charge is 0.152 e. The van der Waals surface area contributed by atoms with Crippen molar-refractivity contribution in [2.75, 3.05) is 0 Å². The number of aromatic nitrogens is 5. The second kappa shape index (κ2) is 5.25. The fraction of sp³-hybridized carbons (Fsp3) is 0.357. The minimum Gasteiger partial charge on any atom is -0.319 e. The van der Waals surface area contributed by atoms with Crippen molar-refractivity contribution >= 4 is 22.6 Å². The van der Waals surface area contributed by atoms with Gasteiger partial charge in [0.05, 0.1) is 23.5 Å². The summed E-state index contributed by atoms with van der Waals surface area (Å²) in [6.07, 6.45) is 1.75. The standard InChI is InChI=1S/C14H16ClN5/c1-3-19-9-16-18-14(19)8-20-12-6-10(2)4-5-11(12)17-13(20)7-15/h4-6,9H,3,7-8H2,1-2H3. The van der Waals surface area contributed by atoms with Gasteiger partial charge in [-0.15, -0.1) is 21.8 Å². The predicted octanol–water partition coefficient (Wildman–Crippen LogP) is 2.74. The lowest BCUT2D eigenvalue weighted by Gasteiger charge is -2.08. The summed E-state index contributed by atoms with van der Waals surface area (Å²) in [5.41, 5.74) is 3.26. The van der Waals surface area contributed by atoms with E-state index in [1.165, 1.54) is 5.56 Å². The monoisotopic (exact) mass is 289 g/mol. The fourth-order valence-corrected chi connectivity index (χ4v) is 2.57. The zero-order valence-electron chi connectivity index (χ0n) is 11.5. The van der Waals surface area contributed by atoms with E-state index in [2.05, 4.69) is 45.7 Å². The number of halogens is 1. The van der Waals surface area contributed by atoms with Crippen molar-refractivity contribution in [2.45, 2.75) is 32.8 Å². The van der Waals surface area contributed by atoms with Crippen LogP contribution in [0, 0.1) is 6.92 Å². The van der Waals surface area contributed by atoms with Gasteiger partial charge < -0.3 is 9.13 Å². The number of fused-ring (bicyclic) bond motifs is 1. The van der Waals surface area contributed by atoms with Gasteiger partial charge in [0.15, 0.2) is 5.82 Å². The Morgan fingerprint density at radius 1 is 1.25 bits per heavy atom. The molecule has 0 amide bonds. The average molecular weight is 290 g/mol. The van der Waals surface area contributed by atoms with Crippen LogP contribution in [-0.4, -0.2) is 24.3 Å². The zero-order chi connectivity index (χ0) is 14.1. The number of alkyl halides is 1. The first-order chi connectivity index (χ1) is 9.72. The molecule has 104 valence electrons. The molecule has 5 nitrogen and oxygen atoms in total. The summed E-state index contributed by atoms with van der Waals surface area (Å²) in [5.74, 6) is 2.16. The van der Waals surface area contributed by atoms with Gasteiger partial charge in [0.25, 0.3) is 0 Å². The fourth-order valence-electron chi connectivity index (χ4n) is 2.37. The maximum Gasteiger partial charge on any atom is 0.152 e. The van der Waals surface area contributed by atoms with Crippen molar-refractivity contribution in [3.8, 4) is 0 Å². The molecule has 2 heterocycles. The minimum absolute atomic E-state index is 0.383. The van der Waals surface area contributed by atoms with Gasteiger partial charge in [-0.3, -0.25) is 0 Å². The quantitative estimate of drug-likeness (QED) is 0.694. The Morgan fingerprint density at radius 2 is 2.10 bits per heavy atom. The van der Waals surface area contributed by atoms with Crippen molar-refractivity contribution in [3.63, 3.8) is 0 Å². The maximum absolute atomic E-state index is 6.03. The molecule has 6 heteroatoms. The van der Waals surface area contributed by atoms with Crippen LogP contribution >= 0.6 is 11.6 Å². The summed E-state index contributed by atoms with van der Waals surface area (Å²) in [6.45, 7) is 5.64. The third kappa shape index (κ3) is 2.18. The second-order valence-corrected chi connectivity index (χ2v) is 5.04. The molecule has 0 radical (unpaired) electrons. The molecule has 2 aromatic heterocycles. The van der Waals surface area contributed by atoms with E-state index in [0.717, 1.165) is 29.2 Å². The van der Waals surface area contributed by atoms with Gasteiger partial charge in [-0.1, -0.05) is 6.07 Å². The predicted molar refractivity (Wildman–Crippen MR) is 78.8 cm³/mol. The molecule has 0 fully saturated rings. The topological polar surface area (TPSA) is 48.5 Å². The van der Waals surface area contributed by atoms with Crippen LogP contribution in [0.3, 0.4) is 0 Å². The number of hydrogen-bond acceptors (Lipinski definition) is 3. The molecular weight excluding hydrogens is 274 g/mol. The molecule has 0 saturated carbocycles. The van der Waals surface area contributed by atoms with Crippen LogP contribution in [0.15, 0.2) is 24.5 Å². The highest BCUT2D eigenvalue weighted by molar-refractivity contribution is 6.16. The molecule has 0 unspecified atom stereocenters. The molecule has 0 atom stereocenters. The van der Waals surface area contributed by atoms with Crippen LogP contribution in [0.5, 0.6) is 0 Å². The molecular formula is C14H16ClN5. The number of benzene rings is 1. The highest BCUT2D eigenvalue weighted by Crippen LogP contribution is 2.20. The number of imidazole rings is 1. The number of aryl methyl sites for hydroxylation is 2. The first-order valence-corrected chi connectivity index (χ1v) is 7.14. The Hall–Kier alpha value is -1.88. The van der Waals surface area contributed by atoms with E-state index in [0.29, 0.717) is 12.4 Å². The Labute approximate surface area is 122 Å². The molecule has 0 aliphatic rings. The Balaban J connectivity index is 2.11. The first-order valence-electron chi connectivity index (χ1n) is 6.61. The van der Waals surface area contributed by atoms with E-state index in [1.54, 1.807) is 6.33 Å². The normalized spacial score (nSPS) is 11.3. The Morgan fingerprint density at radius 3 is 2.85 bits per heavy atom. The van der Waals surface area contributed by atoms with Crippen molar-refractivity contribution in [2.24, 2.45) is 0 Å². The molecule has 3 aromatic rings.